The van der Waals surface area contributed by atoms with Crippen molar-refractivity contribution in [1.82, 2.24) is 0 Å². The maximum absolute atomic E-state index is 12.5. The molecule has 2 aromatic carbocycles. The quantitative estimate of drug-likeness (QED) is 0.456. The summed E-state index contributed by atoms with van der Waals surface area (Å²) in [5.41, 5.74) is 1.70. The number of hydrogen-bond acceptors (Lipinski definition) is 4. The van der Waals surface area contributed by atoms with E-state index in [1.54, 1.807) is 12.1 Å². The first kappa shape index (κ1) is 20.3. The van der Waals surface area contributed by atoms with Crippen LogP contribution in [0.25, 0.3) is 0 Å². The Bertz CT molecular complexity index is 742. The smallest absolute Gasteiger partial charge is 0.338 e. The van der Waals surface area contributed by atoms with Crippen LogP contribution in [-0.4, -0.2) is 30.9 Å². The van der Waals surface area contributed by atoms with Crippen molar-refractivity contribution in [2.75, 3.05) is 6.61 Å². The van der Waals surface area contributed by atoms with E-state index in [1.165, 1.54) is 0 Å². The highest BCUT2D eigenvalue weighted by molar-refractivity contribution is 5.89. The number of esters is 1. The molecular formula is C24H28O4. The van der Waals surface area contributed by atoms with Gasteiger partial charge in [-0.05, 0) is 30.5 Å². The highest BCUT2D eigenvalue weighted by atomic mass is 16.6. The van der Waals surface area contributed by atoms with Crippen molar-refractivity contribution in [2.45, 2.75) is 51.1 Å². The summed E-state index contributed by atoms with van der Waals surface area (Å²) in [5, 5.41) is 0. The zero-order valence-electron chi connectivity index (χ0n) is 16.3. The molecule has 0 radical (unpaired) electrons. The summed E-state index contributed by atoms with van der Waals surface area (Å²) < 4.78 is 17.8. The predicted octanol–water partition coefficient (Wildman–Crippen LogP) is 4.94. The zero-order chi connectivity index (χ0) is 19.6. The van der Waals surface area contributed by atoms with Gasteiger partial charge in [0.1, 0.15) is 6.10 Å². The lowest BCUT2D eigenvalue weighted by Crippen LogP contribution is -2.26. The van der Waals surface area contributed by atoms with E-state index in [-0.39, 0.29) is 24.3 Å². The van der Waals surface area contributed by atoms with Gasteiger partial charge in [-0.1, -0.05) is 67.6 Å². The van der Waals surface area contributed by atoms with Crippen LogP contribution in [-0.2, 0) is 20.8 Å². The molecule has 148 valence electrons. The fourth-order valence-electron chi connectivity index (χ4n) is 3.30. The van der Waals surface area contributed by atoms with Crippen LogP contribution in [0.1, 0.15) is 42.1 Å². The van der Waals surface area contributed by atoms with Crippen LogP contribution >= 0.6 is 0 Å². The van der Waals surface area contributed by atoms with Crippen molar-refractivity contribution in [3.05, 3.63) is 83.9 Å². The second-order valence-electron chi connectivity index (χ2n) is 6.96. The lowest BCUT2D eigenvalue weighted by molar-refractivity contribution is -0.0351. The Morgan fingerprint density at radius 3 is 2.50 bits per heavy atom. The van der Waals surface area contributed by atoms with Crippen LogP contribution in [0, 0.1) is 0 Å². The Kier molecular flexibility index (Phi) is 7.82. The summed E-state index contributed by atoms with van der Waals surface area (Å²) in [7, 11) is 0. The Morgan fingerprint density at radius 2 is 1.79 bits per heavy atom. The van der Waals surface area contributed by atoms with Gasteiger partial charge in [0, 0.05) is 6.42 Å². The molecule has 28 heavy (non-hydrogen) atoms. The number of hydrogen-bond donors (Lipinski definition) is 0. The summed E-state index contributed by atoms with van der Waals surface area (Å²) in [6.45, 7) is 3.14. The molecule has 0 aromatic heterocycles. The van der Waals surface area contributed by atoms with E-state index in [0.29, 0.717) is 25.2 Å². The average Bonchev–Trinajstić information content (AvgIpc) is 3.11. The molecule has 3 atom stereocenters. The molecule has 0 bridgehead atoms. The highest BCUT2D eigenvalue weighted by Crippen LogP contribution is 2.27. The van der Waals surface area contributed by atoms with Gasteiger partial charge in [0.2, 0.25) is 0 Å². The Hall–Kier alpha value is -2.43. The van der Waals surface area contributed by atoms with E-state index in [9.17, 15) is 4.79 Å². The first-order chi connectivity index (χ1) is 13.8. The second kappa shape index (κ2) is 10.8. The molecule has 0 saturated carbocycles. The van der Waals surface area contributed by atoms with Crippen molar-refractivity contribution in [3.8, 4) is 0 Å². The molecule has 1 heterocycles. The molecule has 3 rings (SSSR count). The maximum atomic E-state index is 12.5. The lowest BCUT2D eigenvalue weighted by Gasteiger charge is -2.17. The molecule has 2 aromatic rings. The Morgan fingerprint density at radius 1 is 1.07 bits per heavy atom. The van der Waals surface area contributed by atoms with Crippen molar-refractivity contribution < 1.29 is 19.0 Å². The molecular weight excluding hydrogens is 352 g/mol. The topological polar surface area (TPSA) is 44.8 Å². The highest BCUT2D eigenvalue weighted by Gasteiger charge is 2.37. The van der Waals surface area contributed by atoms with E-state index in [1.807, 2.05) is 48.5 Å². The zero-order valence-corrected chi connectivity index (χ0v) is 16.3. The predicted molar refractivity (Wildman–Crippen MR) is 109 cm³/mol. The van der Waals surface area contributed by atoms with Crippen molar-refractivity contribution in [3.63, 3.8) is 0 Å². The maximum Gasteiger partial charge on any atom is 0.338 e. The van der Waals surface area contributed by atoms with Crippen molar-refractivity contribution in [2.24, 2.45) is 0 Å². The van der Waals surface area contributed by atoms with Gasteiger partial charge in [0.05, 0.1) is 31.0 Å². The van der Waals surface area contributed by atoms with E-state index in [2.05, 4.69) is 19.1 Å². The fraction of sp³-hybridized carbons (Fsp3) is 0.375. The molecule has 0 N–H and O–H groups in total. The number of rotatable bonds is 9. The number of carbonyl (C=O) groups is 1. The van der Waals surface area contributed by atoms with Crippen LogP contribution in [0.5, 0.6) is 0 Å². The summed E-state index contributed by atoms with van der Waals surface area (Å²) in [5.74, 6) is -0.301. The lowest BCUT2D eigenvalue weighted by atomic mass is 10.1. The number of ether oxygens (including phenoxy) is 3. The average molecular weight is 380 g/mol. The first-order valence-corrected chi connectivity index (χ1v) is 9.94. The van der Waals surface area contributed by atoms with Gasteiger partial charge in [-0.2, -0.15) is 0 Å². The van der Waals surface area contributed by atoms with E-state index in [0.717, 1.165) is 18.4 Å². The minimum Gasteiger partial charge on any atom is -0.456 e. The minimum absolute atomic E-state index is 0.0719. The third-order valence-electron chi connectivity index (χ3n) is 4.73. The largest absolute Gasteiger partial charge is 0.456 e. The van der Waals surface area contributed by atoms with E-state index >= 15 is 0 Å². The van der Waals surface area contributed by atoms with Crippen molar-refractivity contribution >= 4 is 5.97 Å². The van der Waals surface area contributed by atoms with Crippen molar-refractivity contribution in [1.29, 1.82) is 0 Å². The molecule has 4 nitrogen and oxygen atoms in total. The van der Waals surface area contributed by atoms with Crippen LogP contribution in [0.3, 0.4) is 0 Å². The standard InChI is InChI=1S/C24H28O4/c1-2-3-6-15-22-23(28-24(25)20-13-9-5-10-14-20)16-21(27-22)18-26-17-19-11-7-4-8-12-19/h3-14,21-23H,2,15-18H2,1H3/b6-3-/t21-,22-,23-/m0/s1. The molecule has 0 unspecified atom stereocenters. The normalized spacial score (nSPS) is 21.8. The van der Waals surface area contributed by atoms with Gasteiger partial charge >= 0.3 is 5.97 Å². The van der Waals surface area contributed by atoms with E-state index in [4.69, 9.17) is 14.2 Å². The SMILES string of the molecule is CC/C=C\C[C@@H]1O[C@H](COCc2ccccc2)C[C@@H]1OC(=O)c1ccccc1. The van der Waals surface area contributed by atoms with E-state index < -0.39 is 0 Å². The summed E-state index contributed by atoms with van der Waals surface area (Å²) in [6, 6.07) is 19.2. The molecule has 4 heteroatoms. The van der Waals surface area contributed by atoms with Gasteiger partial charge in [-0.3, -0.25) is 0 Å². The van der Waals surface area contributed by atoms with Gasteiger partial charge in [-0.15, -0.1) is 0 Å². The number of carbonyl (C=O) groups excluding carboxylic acids is 1. The monoisotopic (exact) mass is 380 g/mol. The Balaban J connectivity index is 1.55. The van der Waals surface area contributed by atoms with Gasteiger partial charge in [0.25, 0.3) is 0 Å². The molecule has 0 amide bonds. The molecule has 1 aliphatic heterocycles. The van der Waals surface area contributed by atoms with Gasteiger partial charge in [-0.25, -0.2) is 4.79 Å². The summed E-state index contributed by atoms with van der Waals surface area (Å²) in [6.07, 6.45) is 6.09. The summed E-state index contributed by atoms with van der Waals surface area (Å²) >= 11 is 0. The molecule has 0 aliphatic carbocycles. The van der Waals surface area contributed by atoms with Gasteiger partial charge in [0.15, 0.2) is 0 Å². The van der Waals surface area contributed by atoms with Crippen LogP contribution in [0.4, 0.5) is 0 Å². The molecule has 1 aliphatic rings. The van der Waals surface area contributed by atoms with Gasteiger partial charge < -0.3 is 14.2 Å². The number of benzene rings is 2. The third-order valence-corrected chi connectivity index (χ3v) is 4.73. The Labute approximate surface area is 167 Å². The minimum atomic E-state index is -0.301. The molecule has 0 spiro atoms. The van der Waals surface area contributed by atoms with Crippen LogP contribution in [0.15, 0.2) is 72.8 Å². The van der Waals surface area contributed by atoms with Crippen LogP contribution in [0.2, 0.25) is 0 Å². The fourth-order valence-corrected chi connectivity index (χ4v) is 3.30. The number of allylic oxidation sites excluding steroid dienone is 1. The third kappa shape index (κ3) is 6.04. The summed E-state index contributed by atoms with van der Waals surface area (Å²) in [4.78, 5) is 12.5. The second-order valence-corrected chi connectivity index (χ2v) is 6.96. The van der Waals surface area contributed by atoms with Crippen LogP contribution < -0.4 is 0 Å². The molecule has 1 saturated heterocycles. The molecule has 1 fully saturated rings. The first-order valence-electron chi connectivity index (χ1n) is 9.94.